The molecule has 1 aromatic rings. The molecule has 1 heterocycles. The van der Waals surface area contributed by atoms with Crippen molar-refractivity contribution in [2.24, 2.45) is 5.73 Å². The molecular weight excluding hydrogens is 255 g/mol. The molecule has 0 spiro atoms. The zero-order valence-corrected chi connectivity index (χ0v) is 12.3. The van der Waals surface area contributed by atoms with Crippen molar-refractivity contribution in [3.8, 4) is 0 Å². The van der Waals surface area contributed by atoms with E-state index >= 15 is 0 Å². The first-order valence-electron chi connectivity index (χ1n) is 7.55. The van der Waals surface area contributed by atoms with Crippen LogP contribution >= 0.6 is 0 Å². The Bertz CT molecular complexity index is 425. The van der Waals surface area contributed by atoms with E-state index in [9.17, 15) is 4.39 Å². The lowest BCUT2D eigenvalue weighted by molar-refractivity contribution is -0.00248. The Morgan fingerprint density at radius 2 is 2.20 bits per heavy atom. The van der Waals surface area contributed by atoms with Gasteiger partial charge in [-0.15, -0.1) is 0 Å². The lowest BCUT2D eigenvalue weighted by Crippen LogP contribution is -2.39. The molecule has 4 heteroatoms. The van der Waals surface area contributed by atoms with Crippen molar-refractivity contribution in [1.82, 2.24) is 4.90 Å². The maximum Gasteiger partial charge on any atom is 0.132 e. The summed E-state index contributed by atoms with van der Waals surface area (Å²) in [4.78, 5) is 2.28. The molecule has 0 aliphatic carbocycles. The standard InChI is InChI=1S/C16H25FN2O/c1-2-9-20-15-7-4-8-19(12-15)11-14-6-3-5-13(10-18)16(14)17/h3,5-6,15H,2,4,7-12,18H2,1H3. The molecule has 0 saturated carbocycles. The van der Waals surface area contributed by atoms with E-state index in [4.69, 9.17) is 10.5 Å². The van der Waals surface area contributed by atoms with Gasteiger partial charge in [-0.3, -0.25) is 4.90 Å². The van der Waals surface area contributed by atoms with E-state index in [1.165, 1.54) is 0 Å². The van der Waals surface area contributed by atoms with Gasteiger partial charge in [0, 0.05) is 37.4 Å². The average Bonchev–Trinajstić information content (AvgIpc) is 2.48. The van der Waals surface area contributed by atoms with E-state index in [0.29, 0.717) is 18.2 Å². The van der Waals surface area contributed by atoms with Gasteiger partial charge in [-0.05, 0) is 25.8 Å². The smallest absolute Gasteiger partial charge is 0.132 e. The number of benzene rings is 1. The second-order valence-corrected chi connectivity index (χ2v) is 5.46. The zero-order chi connectivity index (χ0) is 14.4. The van der Waals surface area contributed by atoms with Gasteiger partial charge in [0.1, 0.15) is 5.82 Å². The maximum atomic E-state index is 14.2. The number of hydrogen-bond acceptors (Lipinski definition) is 3. The summed E-state index contributed by atoms with van der Waals surface area (Å²) < 4.78 is 20.0. The van der Waals surface area contributed by atoms with Gasteiger partial charge < -0.3 is 10.5 Å². The van der Waals surface area contributed by atoms with Gasteiger partial charge >= 0.3 is 0 Å². The first-order valence-corrected chi connectivity index (χ1v) is 7.55. The van der Waals surface area contributed by atoms with Gasteiger partial charge in [0.2, 0.25) is 0 Å². The summed E-state index contributed by atoms with van der Waals surface area (Å²) in [7, 11) is 0. The van der Waals surface area contributed by atoms with Crippen molar-refractivity contribution in [2.75, 3.05) is 19.7 Å². The Labute approximate surface area is 120 Å². The van der Waals surface area contributed by atoms with Crippen molar-refractivity contribution in [3.63, 3.8) is 0 Å². The largest absolute Gasteiger partial charge is 0.377 e. The minimum atomic E-state index is -0.147. The van der Waals surface area contributed by atoms with E-state index in [1.807, 2.05) is 12.1 Å². The molecule has 0 aromatic heterocycles. The zero-order valence-electron chi connectivity index (χ0n) is 12.3. The highest BCUT2D eigenvalue weighted by Crippen LogP contribution is 2.19. The number of rotatable bonds is 6. The first kappa shape index (κ1) is 15.4. The molecular formula is C16H25FN2O. The fraction of sp³-hybridized carbons (Fsp3) is 0.625. The third-order valence-corrected chi connectivity index (χ3v) is 3.79. The summed E-state index contributed by atoms with van der Waals surface area (Å²) in [6.07, 6.45) is 3.57. The number of ether oxygens (including phenoxy) is 1. The van der Waals surface area contributed by atoms with E-state index in [-0.39, 0.29) is 12.4 Å². The van der Waals surface area contributed by atoms with Crippen LogP contribution in [0.3, 0.4) is 0 Å². The summed E-state index contributed by atoms with van der Waals surface area (Å²) in [5.74, 6) is -0.147. The number of piperidine rings is 1. The van der Waals surface area contributed by atoms with Gasteiger partial charge in [-0.25, -0.2) is 4.39 Å². The third-order valence-electron chi connectivity index (χ3n) is 3.79. The van der Waals surface area contributed by atoms with E-state index in [1.54, 1.807) is 6.07 Å². The van der Waals surface area contributed by atoms with Crippen LogP contribution in [0.25, 0.3) is 0 Å². The van der Waals surface area contributed by atoms with Crippen LogP contribution in [0.2, 0.25) is 0 Å². The molecule has 0 radical (unpaired) electrons. The SMILES string of the molecule is CCCOC1CCCN(Cc2cccc(CN)c2F)C1. The van der Waals surface area contributed by atoms with Crippen molar-refractivity contribution >= 4 is 0 Å². The third kappa shape index (κ3) is 4.01. The number of likely N-dealkylation sites (tertiary alicyclic amines) is 1. The molecule has 0 amide bonds. The van der Waals surface area contributed by atoms with Crippen LogP contribution < -0.4 is 5.73 Å². The second-order valence-electron chi connectivity index (χ2n) is 5.46. The van der Waals surface area contributed by atoms with Gasteiger partial charge in [-0.2, -0.15) is 0 Å². The Balaban J connectivity index is 1.95. The number of hydrogen-bond donors (Lipinski definition) is 1. The number of nitrogens with two attached hydrogens (primary N) is 1. The Hall–Kier alpha value is -0.970. The molecule has 1 unspecified atom stereocenters. The second kappa shape index (κ2) is 7.72. The van der Waals surface area contributed by atoms with Gasteiger partial charge in [-0.1, -0.05) is 25.1 Å². The minimum absolute atomic E-state index is 0.147. The molecule has 1 aromatic carbocycles. The minimum Gasteiger partial charge on any atom is -0.377 e. The predicted molar refractivity (Wildman–Crippen MR) is 78.8 cm³/mol. The lowest BCUT2D eigenvalue weighted by Gasteiger charge is -2.32. The Morgan fingerprint density at radius 3 is 2.95 bits per heavy atom. The summed E-state index contributed by atoms with van der Waals surface area (Å²) in [5.41, 5.74) is 6.89. The molecule has 1 fully saturated rings. The van der Waals surface area contributed by atoms with Crippen molar-refractivity contribution in [2.45, 2.75) is 45.4 Å². The molecule has 3 nitrogen and oxygen atoms in total. The number of halogens is 1. The van der Waals surface area contributed by atoms with E-state index < -0.39 is 0 Å². The summed E-state index contributed by atoms with van der Waals surface area (Å²) in [6, 6.07) is 5.49. The number of nitrogens with zero attached hydrogens (tertiary/aromatic N) is 1. The Kier molecular flexibility index (Phi) is 5.95. The van der Waals surface area contributed by atoms with Crippen molar-refractivity contribution in [1.29, 1.82) is 0 Å². The summed E-state index contributed by atoms with van der Waals surface area (Å²) in [5, 5.41) is 0. The van der Waals surface area contributed by atoms with Gasteiger partial charge in [0.05, 0.1) is 6.10 Å². The molecule has 0 bridgehead atoms. The van der Waals surface area contributed by atoms with Crippen LogP contribution in [0.5, 0.6) is 0 Å². The van der Waals surface area contributed by atoms with Gasteiger partial charge in [0.25, 0.3) is 0 Å². The van der Waals surface area contributed by atoms with Crippen LogP contribution in [0, 0.1) is 5.82 Å². The molecule has 112 valence electrons. The monoisotopic (exact) mass is 280 g/mol. The van der Waals surface area contributed by atoms with E-state index in [0.717, 1.165) is 44.5 Å². The van der Waals surface area contributed by atoms with Gasteiger partial charge in [0.15, 0.2) is 0 Å². The fourth-order valence-corrected chi connectivity index (χ4v) is 2.73. The molecule has 1 aliphatic rings. The van der Waals surface area contributed by atoms with Crippen LogP contribution in [-0.2, 0) is 17.8 Å². The maximum absolute atomic E-state index is 14.2. The van der Waals surface area contributed by atoms with Crippen molar-refractivity contribution < 1.29 is 9.13 Å². The summed E-state index contributed by atoms with van der Waals surface area (Å²) >= 11 is 0. The first-order chi connectivity index (χ1) is 9.74. The van der Waals surface area contributed by atoms with Crippen LogP contribution in [0.15, 0.2) is 18.2 Å². The average molecular weight is 280 g/mol. The van der Waals surface area contributed by atoms with Crippen LogP contribution in [0.4, 0.5) is 4.39 Å². The van der Waals surface area contributed by atoms with Crippen LogP contribution in [0.1, 0.15) is 37.3 Å². The quantitative estimate of drug-likeness (QED) is 0.870. The molecule has 1 saturated heterocycles. The highest BCUT2D eigenvalue weighted by molar-refractivity contribution is 5.25. The van der Waals surface area contributed by atoms with E-state index in [2.05, 4.69) is 11.8 Å². The highest BCUT2D eigenvalue weighted by atomic mass is 19.1. The molecule has 2 N–H and O–H groups in total. The van der Waals surface area contributed by atoms with Crippen molar-refractivity contribution in [3.05, 3.63) is 35.1 Å². The fourth-order valence-electron chi connectivity index (χ4n) is 2.73. The topological polar surface area (TPSA) is 38.5 Å². The highest BCUT2D eigenvalue weighted by Gasteiger charge is 2.21. The molecule has 2 rings (SSSR count). The van der Waals surface area contributed by atoms with Crippen LogP contribution in [-0.4, -0.2) is 30.7 Å². The molecule has 20 heavy (non-hydrogen) atoms. The predicted octanol–water partition coefficient (Wildman–Crippen LogP) is 2.68. The normalized spacial score (nSPS) is 20.2. The molecule has 1 aliphatic heterocycles. The summed E-state index contributed by atoms with van der Waals surface area (Å²) in [6.45, 7) is 5.74. The lowest BCUT2D eigenvalue weighted by atomic mass is 10.1. The Morgan fingerprint density at radius 1 is 1.40 bits per heavy atom. The molecule has 1 atom stereocenters.